The van der Waals surface area contributed by atoms with E-state index in [2.05, 4.69) is 4.98 Å². The molecule has 1 amide bonds. The number of fused-ring (bicyclic) bond motifs is 1. The van der Waals surface area contributed by atoms with Crippen LogP contribution in [-0.2, 0) is 11.2 Å². The zero-order chi connectivity index (χ0) is 12.7. The number of aromatic nitrogens is 1. The van der Waals surface area contributed by atoms with Gasteiger partial charge in [-0.1, -0.05) is 34.6 Å². The van der Waals surface area contributed by atoms with E-state index in [1.807, 2.05) is 53.9 Å². The lowest BCUT2D eigenvalue weighted by atomic mass is 9.99. The van der Waals surface area contributed by atoms with Gasteiger partial charge in [-0.3, -0.25) is 4.79 Å². The van der Waals surface area contributed by atoms with Gasteiger partial charge in [0.15, 0.2) is 0 Å². The summed E-state index contributed by atoms with van der Waals surface area (Å²) in [5, 5.41) is 0. The van der Waals surface area contributed by atoms with Gasteiger partial charge in [-0.05, 0) is 6.07 Å². The van der Waals surface area contributed by atoms with Gasteiger partial charge in [-0.25, -0.2) is 0 Å². The smallest absolute Gasteiger partial charge is 0.230 e. The molecule has 1 unspecified atom stereocenters. The molecule has 0 radical (unpaired) electrons. The third-order valence-corrected chi connectivity index (χ3v) is 2.43. The van der Waals surface area contributed by atoms with Crippen molar-refractivity contribution in [1.82, 2.24) is 4.98 Å². The minimum Gasteiger partial charge on any atom is -0.363 e. The number of aromatic amines is 1. The molecular formula is C13H24N2O. The summed E-state index contributed by atoms with van der Waals surface area (Å²) >= 11 is 0. The predicted molar refractivity (Wildman–Crippen MR) is 69.8 cm³/mol. The van der Waals surface area contributed by atoms with Crippen LogP contribution in [0.3, 0.4) is 0 Å². The predicted octanol–water partition coefficient (Wildman–Crippen LogP) is 3.22. The van der Waals surface area contributed by atoms with Crippen LogP contribution in [0.1, 0.15) is 40.3 Å². The molecule has 92 valence electrons. The highest BCUT2D eigenvalue weighted by Crippen LogP contribution is 2.27. The van der Waals surface area contributed by atoms with E-state index in [1.54, 1.807) is 4.90 Å². The van der Waals surface area contributed by atoms with E-state index in [-0.39, 0.29) is 11.8 Å². The molecule has 1 N–H and O–H groups in total. The lowest BCUT2D eigenvalue weighted by Crippen LogP contribution is -2.36. The molecule has 3 nitrogen and oxygen atoms in total. The van der Waals surface area contributed by atoms with Gasteiger partial charge in [0.05, 0.1) is 5.69 Å². The number of H-pyrrole nitrogens is 1. The third-order valence-electron chi connectivity index (χ3n) is 2.43. The first kappa shape index (κ1) is 14.8. The van der Waals surface area contributed by atoms with Gasteiger partial charge in [0, 0.05) is 31.3 Å². The quantitative estimate of drug-likeness (QED) is 0.721. The fraction of sp³-hybridized carbons (Fsp3) is 0.615. The maximum atomic E-state index is 11.5. The zero-order valence-corrected chi connectivity index (χ0v) is 11.3. The van der Waals surface area contributed by atoms with Crippen molar-refractivity contribution >= 4 is 11.6 Å². The summed E-state index contributed by atoms with van der Waals surface area (Å²) in [6.07, 6.45) is 2.72. The van der Waals surface area contributed by atoms with E-state index in [1.165, 1.54) is 5.69 Å². The maximum Gasteiger partial charge on any atom is 0.230 e. The van der Waals surface area contributed by atoms with E-state index < -0.39 is 0 Å². The summed E-state index contributed by atoms with van der Waals surface area (Å²) in [7, 11) is 1.82. The Morgan fingerprint density at radius 1 is 1.31 bits per heavy atom. The summed E-state index contributed by atoms with van der Waals surface area (Å²) in [5.41, 5.74) is 2.20. The molecule has 1 aliphatic rings. The monoisotopic (exact) mass is 224 g/mol. The number of hydrogen-bond donors (Lipinski definition) is 1. The molecule has 0 aliphatic carbocycles. The molecule has 2 rings (SSSR count). The van der Waals surface area contributed by atoms with Crippen LogP contribution in [0.15, 0.2) is 12.3 Å². The van der Waals surface area contributed by atoms with E-state index >= 15 is 0 Å². The van der Waals surface area contributed by atoms with Gasteiger partial charge in [0.1, 0.15) is 0 Å². The highest BCUT2D eigenvalue weighted by molar-refractivity contribution is 5.97. The summed E-state index contributed by atoms with van der Waals surface area (Å²) in [4.78, 5) is 16.4. The number of hydrogen-bond acceptors (Lipinski definition) is 1. The highest BCUT2D eigenvalue weighted by atomic mass is 16.2. The summed E-state index contributed by atoms with van der Waals surface area (Å²) in [5.74, 6) is 0.322. The van der Waals surface area contributed by atoms with Crippen LogP contribution >= 0.6 is 0 Å². The number of rotatable bonds is 0. The van der Waals surface area contributed by atoms with Gasteiger partial charge in [0.25, 0.3) is 0 Å². The van der Waals surface area contributed by atoms with Gasteiger partial charge in [-0.2, -0.15) is 0 Å². The van der Waals surface area contributed by atoms with Crippen LogP contribution in [0.4, 0.5) is 5.69 Å². The molecule has 0 saturated carbocycles. The molecule has 0 bridgehead atoms. The molecular weight excluding hydrogens is 200 g/mol. The number of carbonyl (C=O) groups excluding carboxylic acids is 1. The number of nitrogens with one attached hydrogen (secondary N) is 1. The van der Waals surface area contributed by atoms with E-state index in [0.717, 1.165) is 12.1 Å². The first-order chi connectivity index (χ1) is 7.70. The maximum absolute atomic E-state index is 11.5. The normalized spacial score (nSPS) is 17.8. The van der Waals surface area contributed by atoms with Gasteiger partial charge >= 0.3 is 0 Å². The average molecular weight is 224 g/mol. The number of nitrogens with zero attached hydrogens (tertiary/aromatic N) is 1. The van der Waals surface area contributed by atoms with Gasteiger partial charge in [-0.15, -0.1) is 0 Å². The number of carbonyl (C=O) groups is 1. The Kier molecular flexibility index (Phi) is 6.54. The van der Waals surface area contributed by atoms with Crippen molar-refractivity contribution in [2.75, 3.05) is 11.9 Å². The SMILES string of the molecule is CC.CC.CC1Cc2[nH]ccc2N(C)C1=O. The lowest BCUT2D eigenvalue weighted by Gasteiger charge is -2.26. The van der Waals surface area contributed by atoms with Crippen LogP contribution in [0.5, 0.6) is 0 Å². The Morgan fingerprint density at radius 3 is 2.44 bits per heavy atom. The second-order valence-electron chi connectivity index (χ2n) is 3.34. The van der Waals surface area contributed by atoms with Crippen LogP contribution < -0.4 is 4.90 Å². The van der Waals surface area contributed by atoms with E-state index in [9.17, 15) is 4.79 Å². The number of amides is 1. The fourth-order valence-electron chi connectivity index (χ4n) is 1.72. The Morgan fingerprint density at radius 2 is 1.88 bits per heavy atom. The highest BCUT2D eigenvalue weighted by Gasteiger charge is 2.27. The summed E-state index contributed by atoms with van der Waals surface area (Å²) in [6.45, 7) is 9.96. The second-order valence-corrected chi connectivity index (χ2v) is 3.34. The van der Waals surface area contributed by atoms with Crippen molar-refractivity contribution in [1.29, 1.82) is 0 Å². The molecule has 1 aromatic heterocycles. The Hall–Kier alpha value is -1.25. The van der Waals surface area contributed by atoms with Crippen LogP contribution in [0.2, 0.25) is 0 Å². The summed E-state index contributed by atoms with van der Waals surface area (Å²) in [6, 6.07) is 1.94. The van der Waals surface area contributed by atoms with Crippen molar-refractivity contribution < 1.29 is 4.79 Å². The molecule has 3 heteroatoms. The Bertz CT molecular complexity index is 317. The van der Waals surface area contributed by atoms with Crippen molar-refractivity contribution in [3.8, 4) is 0 Å². The minimum absolute atomic E-state index is 0.112. The molecule has 0 spiro atoms. The molecule has 1 aromatic rings. The van der Waals surface area contributed by atoms with Crippen LogP contribution in [0, 0.1) is 5.92 Å². The molecule has 2 heterocycles. The first-order valence-corrected chi connectivity index (χ1v) is 6.14. The fourth-order valence-corrected chi connectivity index (χ4v) is 1.72. The second kappa shape index (κ2) is 7.09. The van der Waals surface area contributed by atoms with Crippen molar-refractivity contribution in [2.24, 2.45) is 5.92 Å². The standard InChI is InChI=1S/C9H12N2O.2C2H6/c1-6-5-7-8(3-4-10-7)11(2)9(6)12;2*1-2/h3-4,6,10H,5H2,1-2H3;2*1-2H3. The largest absolute Gasteiger partial charge is 0.363 e. The van der Waals surface area contributed by atoms with Crippen molar-refractivity contribution in [3.05, 3.63) is 18.0 Å². The zero-order valence-electron chi connectivity index (χ0n) is 11.3. The van der Waals surface area contributed by atoms with Crippen molar-refractivity contribution in [3.63, 3.8) is 0 Å². The van der Waals surface area contributed by atoms with E-state index in [0.29, 0.717) is 0 Å². The van der Waals surface area contributed by atoms with Crippen LogP contribution in [-0.4, -0.2) is 17.9 Å². The third kappa shape index (κ3) is 2.87. The molecule has 1 aliphatic heterocycles. The Balaban J connectivity index is 0.000000509. The molecule has 0 saturated heterocycles. The molecule has 1 atom stereocenters. The van der Waals surface area contributed by atoms with E-state index in [4.69, 9.17) is 0 Å². The Labute approximate surface area is 98.9 Å². The minimum atomic E-state index is 0.112. The van der Waals surface area contributed by atoms with Crippen LogP contribution in [0.25, 0.3) is 0 Å². The van der Waals surface area contributed by atoms with Crippen molar-refractivity contribution in [2.45, 2.75) is 41.0 Å². The lowest BCUT2D eigenvalue weighted by molar-refractivity contribution is -0.122. The topological polar surface area (TPSA) is 36.1 Å². The number of anilines is 1. The first-order valence-electron chi connectivity index (χ1n) is 6.14. The molecule has 16 heavy (non-hydrogen) atoms. The van der Waals surface area contributed by atoms with Gasteiger partial charge in [0.2, 0.25) is 5.91 Å². The van der Waals surface area contributed by atoms with Gasteiger partial charge < -0.3 is 9.88 Å². The average Bonchev–Trinajstić information content (AvgIpc) is 2.79. The molecule has 0 aromatic carbocycles. The molecule has 0 fully saturated rings. The summed E-state index contributed by atoms with van der Waals surface area (Å²) < 4.78 is 0.